The van der Waals surface area contributed by atoms with E-state index in [0.717, 1.165) is 0 Å². The number of fused-ring (bicyclic) bond motifs is 1. The second kappa shape index (κ2) is 5.76. The summed E-state index contributed by atoms with van der Waals surface area (Å²) >= 11 is 0. The van der Waals surface area contributed by atoms with Crippen LogP contribution in [0.4, 0.5) is 10.1 Å². The summed E-state index contributed by atoms with van der Waals surface area (Å²) in [6.07, 6.45) is 7.41. The maximum absolute atomic E-state index is 13.2. The highest BCUT2D eigenvalue weighted by Crippen LogP contribution is 2.38. The van der Waals surface area contributed by atoms with Crippen LogP contribution in [0.5, 0.6) is 5.75 Å². The normalized spacial score (nSPS) is 17.4. The maximum Gasteiger partial charge on any atom is 0.227 e. The molecule has 22 heavy (non-hydrogen) atoms. The van der Waals surface area contributed by atoms with Gasteiger partial charge in [-0.15, -0.1) is 12.3 Å². The summed E-state index contributed by atoms with van der Waals surface area (Å²) in [7, 11) is 0. The second-order valence-corrected chi connectivity index (χ2v) is 5.39. The van der Waals surface area contributed by atoms with Crippen LogP contribution < -0.4 is 9.64 Å². The zero-order valence-electron chi connectivity index (χ0n) is 12.1. The average Bonchev–Trinajstić information content (AvgIpc) is 3.30. The van der Waals surface area contributed by atoms with Crippen LogP contribution in [0.3, 0.4) is 0 Å². The van der Waals surface area contributed by atoms with E-state index in [0.29, 0.717) is 50.3 Å². The van der Waals surface area contributed by atoms with Gasteiger partial charge in [0.2, 0.25) is 5.91 Å². The molecule has 114 valence electrons. The van der Waals surface area contributed by atoms with Crippen molar-refractivity contribution in [2.24, 2.45) is 10.2 Å². The Labute approximate surface area is 128 Å². The maximum atomic E-state index is 13.2. The topological polar surface area (TPSA) is 54.3 Å². The van der Waals surface area contributed by atoms with Gasteiger partial charge in [0, 0.05) is 31.7 Å². The zero-order chi connectivity index (χ0) is 15.6. The fourth-order valence-electron chi connectivity index (χ4n) is 2.56. The van der Waals surface area contributed by atoms with Crippen molar-refractivity contribution in [3.05, 3.63) is 24.0 Å². The van der Waals surface area contributed by atoms with E-state index in [1.165, 1.54) is 12.1 Å². The highest BCUT2D eigenvalue weighted by atomic mass is 19.1. The number of ether oxygens (including phenoxy) is 1. The molecule has 1 aromatic carbocycles. The number of carbonyl (C=O) groups is 1. The first kappa shape index (κ1) is 14.5. The Bertz CT molecular complexity index is 660. The Balaban J connectivity index is 1.63. The van der Waals surface area contributed by atoms with Gasteiger partial charge in [0.25, 0.3) is 0 Å². The standard InChI is InChI=1S/C16H16FN3O2/c1-2-3-7-16(18-19-16)8-6-15(21)20-9-10-22-14-11-12(17)4-5-13(14)20/h1,4-5,11H,3,6-10H2. The number of benzene rings is 1. The van der Waals surface area contributed by atoms with Crippen LogP contribution in [0, 0.1) is 18.2 Å². The van der Waals surface area contributed by atoms with Crippen LogP contribution in [0.25, 0.3) is 0 Å². The third kappa shape index (κ3) is 2.93. The number of hydrogen-bond acceptors (Lipinski definition) is 4. The molecule has 0 spiro atoms. The second-order valence-electron chi connectivity index (χ2n) is 5.39. The van der Waals surface area contributed by atoms with Gasteiger partial charge in [-0.3, -0.25) is 4.79 Å². The Morgan fingerprint density at radius 2 is 2.27 bits per heavy atom. The van der Waals surface area contributed by atoms with Crippen LogP contribution in [0.15, 0.2) is 28.4 Å². The molecule has 1 amide bonds. The van der Waals surface area contributed by atoms with E-state index in [9.17, 15) is 9.18 Å². The molecule has 0 aromatic heterocycles. The quantitative estimate of drug-likeness (QED) is 0.785. The largest absolute Gasteiger partial charge is 0.489 e. The third-order valence-electron chi connectivity index (χ3n) is 3.88. The lowest BCUT2D eigenvalue weighted by atomic mass is 10.0. The zero-order valence-corrected chi connectivity index (χ0v) is 12.1. The molecule has 0 N–H and O–H groups in total. The number of hydrogen-bond donors (Lipinski definition) is 0. The first-order valence-corrected chi connectivity index (χ1v) is 7.24. The molecule has 0 bridgehead atoms. The summed E-state index contributed by atoms with van der Waals surface area (Å²) in [4.78, 5) is 14.1. The molecule has 0 atom stereocenters. The summed E-state index contributed by atoms with van der Waals surface area (Å²) < 4.78 is 18.6. The van der Waals surface area contributed by atoms with Gasteiger partial charge >= 0.3 is 0 Å². The number of carbonyl (C=O) groups excluding carboxylic acids is 1. The fraction of sp³-hybridized carbons (Fsp3) is 0.438. The minimum atomic E-state index is -0.458. The predicted molar refractivity (Wildman–Crippen MR) is 79.1 cm³/mol. The summed E-state index contributed by atoms with van der Waals surface area (Å²) in [5.74, 6) is 2.56. The fourth-order valence-corrected chi connectivity index (χ4v) is 2.56. The summed E-state index contributed by atoms with van der Waals surface area (Å²) in [6, 6.07) is 4.20. The van der Waals surface area contributed by atoms with Crippen LogP contribution in [0.1, 0.15) is 25.7 Å². The van der Waals surface area contributed by atoms with Crippen molar-refractivity contribution >= 4 is 11.6 Å². The smallest absolute Gasteiger partial charge is 0.227 e. The van der Waals surface area contributed by atoms with E-state index in [-0.39, 0.29) is 11.7 Å². The summed E-state index contributed by atoms with van der Waals surface area (Å²) in [6.45, 7) is 0.822. The van der Waals surface area contributed by atoms with Crippen molar-refractivity contribution in [1.82, 2.24) is 0 Å². The van der Waals surface area contributed by atoms with E-state index in [1.807, 2.05) is 0 Å². The number of halogens is 1. The molecule has 0 fully saturated rings. The van der Waals surface area contributed by atoms with Crippen molar-refractivity contribution in [3.63, 3.8) is 0 Å². The molecule has 0 saturated carbocycles. The van der Waals surface area contributed by atoms with Gasteiger partial charge in [-0.25, -0.2) is 4.39 Å². The van der Waals surface area contributed by atoms with Crippen LogP contribution >= 0.6 is 0 Å². The molecule has 0 radical (unpaired) electrons. The molecule has 3 rings (SSSR count). The van der Waals surface area contributed by atoms with Crippen molar-refractivity contribution in [3.8, 4) is 18.1 Å². The lowest BCUT2D eigenvalue weighted by molar-refractivity contribution is -0.119. The molecule has 0 aliphatic carbocycles. The van der Waals surface area contributed by atoms with Gasteiger partial charge < -0.3 is 9.64 Å². The molecule has 2 heterocycles. The summed E-state index contributed by atoms with van der Waals surface area (Å²) in [5.41, 5.74) is 0.153. The highest BCUT2D eigenvalue weighted by molar-refractivity contribution is 5.95. The van der Waals surface area contributed by atoms with Crippen molar-refractivity contribution in [1.29, 1.82) is 0 Å². The Hall–Kier alpha value is -2.42. The van der Waals surface area contributed by atoms with Crippen molar-refractivity contribution in [2.45, 2.75) is 31.3 Å². The van der Waals surface area contributed by atoms with Crippen LogP contribution in [0.2, 0.25) is 0 Å². The minimum absolute atomic E-state index is 0.0338. The van der Waals surface area contributed by atoms with E-state index in [1.54, 1.807) is 11.0 Å². The Morgan fingerprint density at radius 1 is 1.45 bits per heavy atom. The van der Waals surface area contributed by atoms with E-state index in [2.05, 4.69) is 16.1 Å². The van der Waals surface area contributed by atoms with E-state index < -0.39 is 5.66 Å². The molecular formula is C16H16FN3O2. The highest BCUT2D eigenvalue weighted by Gasteiger charge is 2.40. The van der Waals surface area contributed by atoms with Gasteiger partial charge in [0.15, 0.2) is 5.66 Å². The van der Waals surface area contributed by atoms with Crippen molar-refractivity contribution in [2.75, 3.05) is 18.1 Å². The van der Waals surface area contributed by atoms with Crippen LogP contribution in [-0.4, -0.2) is 24.7 Å². The van der Waals surface area contributed by atoms with Gasteiger partial charge in [-0.05, 0) is 12.1 Å². The lowest BCUT2D eigenvalue weighted by Gasteiger charge is -2.29. The molecule has 5 nitrogen and oxygen atoms in total. The predicted octanol–water partition coefficient (Wildman–Crippen LogP) is 2.91. The number of anilines is 1. The SMILES string of the molecule is C#CCCC1(CCC(=O)N2CCOc3cc(F)ccc32)N=N1. The molecule has 2 aliphatic rings. The van der Waals surface area contributed by atoms with Crippen molar-refractivity contribution < 1.29 is 13.9 Å². The molecule has 6 heteroatoms. The summed E-state index contributed by atoms with van der Waals surface area (Å²) in [5, 5.41) is 8.06. The van der Waals surface area contributed by atoms with E-state index in [4.69, 9.17) is 11.2 Å². The number of amides is 1. The number of terminal acetylenes is 1. The first-order valence-electron chi connectivity index (χ1n) is 7.24. The molecule has 2 aliphatic heterocycles. The monoisotopic (exact) mass is 301 g/mol. The Kier molecular flexibility index (Phi) is 3.80. The lowest BCUT2D eigenvalue weighted by Crippen LogP contribution is -2.38. The molecule has 0 unspecified atom stereocenters. The number of nitrogens with zero attached hydrogens (tertiary/aromatic N) is 3. The molecule has 0 saturated heterocycles. The molecule has 1 aromatic rings. The van der Waals surface area contributed by atoms with Gasteiger partial charge in [-0.1, -0.05) is 0 Å². The van der Waals surface area contributed by atoms with Crippen LogP contribution in [-0.2, 0) is 4.79 Å². The van der Waals surface area contributed by atoms with Gasteiger partial charge in [0.05, 0.1) is 12.2 Å². The first-order chi connectivity index (χ1) is 10.6. The average molecular weight is 301 g/mol. The van der Waals surface area contributed by atoms with E-state index >= 15 is 0 Å². The third-order valence-corrected chi connectivity index (χ3v) is 3.88. The number of rotatable bonds is 5. The van der Waals surface area contributed by atoms with Gasteiger partial charge in [-0.2, -0.15) is 10.2 Å². The molecular weight excluding hydrogens is 285 g/mol. The Morgan fingerprint density at radius 3 is 3.00 bits per heavy atom. The minimum Gasteiger partial charge on any atom is -0.489 e. The van der Waals surface area contributed by atoms with Gasteiger partial charge in [0.1, 0.15) is 18.2 Å².